The fourth-order valence-electron chi connectivity index (χ4n) is 13.4. The molecule has 11 nitrogen and oxygen atoms in total. The lowest BCUT2D eigenvalue weighted by Crippen LogP contribution is -2.53. The zero-order valence-corrected chi connectivity index (χ0v) is 44.4. The van der Waals surface area contributed by atoms with Crippen LogP contribution >= 0.6 is 11.6 Å². The van der Waals surface area contributed by atoms with Gasteiger partial charge in [-0.3, -0.25) is 9.17 Å². The normalized spacial score (nSPS) is 28.4. The molecule has 373 valence electrons. The molecule has 1 spiro atoms. The molecule has 1 saturated heterocycles. The Balaban J connectivity index is 0.953. The maximum atomic E-state index is 13.8. The van der Waals surface area contributed by atoms with Gasteiger partial charge >= 0.3 is 5.97 Å². The summed E-state index contributed by atoms with van der Waals surface area (Å²) in [6.45, 7) is 19.4. The number of pyridine rings is 1. The highest BCUT2D eigenvalue weighted by Crippen LogP contribution is 2.63. The number of carbonyl (C=O) groups is 1. The molecule has 4 aromatic rings. The molecule has 9 rings (SSSR count). The van der Waals surface area contributed by atoms with Crippen LogP contribution in [0.2, 0.25) is 21.6 Å². The highest BCUT2D eigenvalue weighted by atomic mass is 35.5. The molecule has 1 saturated carbocycles. The number of esters is 1. The van der Waals surface area contributed by atoms with Crippen LogP contribution in [0.3, 0.4) is 0 Å². The van der Waals surface area contributed by atoms with E-state index in [4.69, 9.17) is 44.1 Å². The fraction of sp³-hybridized carbons (Fsp3) is 0.564. The predicted octanol–water partition coefficient (Wildman–Crippen LogP) is 12.3. The van der Waals surface area contributed by atoms with Crippen molar-refractivity contribution in [1.82, 2.24) is 4.98 Å². The quantitative estimate of drug-likeness (QED) is 0.0736. The number of anilines is 1. The molecule has 0 amide bonds. The second-order valence-corrected chi connectivity index (χ2v) is 29.0. The summed E-state index contributed by atoms with van der Waals surface area (Å²) in [4.78, 5) is 19.0. The Bertz CT molecular complexity index is 2630. The van der Waals surface area contributed by atoms with Crippen LogP contribution in [-0.2, 0) is 40.1 Å². The van der Waals surface area contributed by atoms with E-state index in [2.05, 4.69) is 72.0 Å². The Morgan fingerprint density at radius 2 is 1.64 bits per heavy atom. The number of methoxy groups -OCH3 is 1. The van der Waals surface area contributed by atoms with Gasteiger partial charge in [0.25, 0.3) is 10.1 Å². The van der Waals surface area contributed by atoms with Crippen molar-refractivity contribution in [1.29, 1.82) is 0 Å². The van der Waals surface area contributed by atoms with E-state index in [-0.39, 0.29) is 60.0 Å². The Hall–Kier alpha value is -4.14. The van der Waals surface area contributed by atoms with Crippen molar-refractivity contribution in [3.63, 3.8) is 0 Å². The van der Waals surface area contributed by atoms with Crippen LogP contribution in [0.4, 0.5) is 5.69 Å². The zero-order valence-electron chi connectivity index (χ0n) is 41.8. The van der Waals surface area contributed by atoms with Gasteiger partial charge in [-0.15, -0.1) is 16.6 Å². The van der Waals surface area contributed by atoms with Gasteiger partial charge in [0, 0.05) is 22.5 Å². The molecule has 2 fully saturated rings. The molecule has 1 N–H and O–H groups in total. The zero-order chi connectivity index (χ0) is 49.0. The SMILES string of the molecule is COC(=O)C1(Nc2cccc(Cl)c2)CCC2(CC1)c1cc3c(cc1C[C@@H]2C[C@@H](C)COc1ccnc2c1[C@@H](C)CC1C(C)[Si-](C(C)C)(C(C)C)O[C@@H]21)OCC(COS(=O)(=O)c1ccc(C)cc1)CO3. The number of nitrogens with one attached hydrogen (secondary N) is 1. The number of aryl methyl sites for hydroxylation is 1. The van der Waals surface area contributed by atoms with E-state index in [9.17, 15) is 13.2 Å². The number of carbonyl (C=O) groups excluding carboxylic acids is 1. The highest BCUT2D eigenvalue weighted by Gasteiger charge is 2.55. The predicted molar refractivity (Wildman–Crippen MR) is 272 cm³/mol. The molecule has 14 heteroatoms. The summed E-state index contributed by atoms with van der Waals surface area (Å²) in [5.41, 5.74) is 6.85. The molecule has 2 aliphatic heterocycles. The monoisotopic (exact) mass is 998 g/mol. The molecule has 7 atom stereocenters. The van der Waals surface area contributed by atoms with E-state index in [0.29, 0.717) is 64.4 Å². The molecule has 0 bridgehead atoms. The van der Waals surface area contributed by atoms with Crippen LogP contribution in [-0.4, -0.2) is 66.8 Å². The molecule has 3 heterocycles. The molecular formula is C55H71ClN2O9SSi-. The second-order valence-electron chi connectivity index (χ2n) is 21.8. The first kappa shape index (κ1) is 49.8. The van der Waals surface area contributed by atoms with Gasteiger partial charge in [-0.25, -0.2) is 4.79 Å². The number of ether oxygens (including phenoxy) is 4. The Labute approximate surface area is 416 Å². The average Bonchev–Trinajstić information content (AvgIpc) is 3.68. The van der Waals surface area contributed by atoms with Gasteiger partial charge in [-0.2, -0.15) is 8.42 Å². The maximum absolute atomic E-state index is 13.8. The van der Waals surface area contributed by atoms with Crippen molar-refractivity contribution in [3.8, 4) is 17.2 Å². The first-order valence-electron chi connectivity index (χ1n) is 25.2. The highest BCUT2D eigenvalue weighted by molar-refractivity contribution is 7.86. The number of hydrogen-bond acceptors (Lipinski definition) is 11. The average molecular weight is 1000 g/mol. The van der Waals surface area contributed by atoms with Crippen molar-refractivity contribution < 1.29 is 40.8 Å². The van der Waals surface area contributed by atoms with E-state index in [1.54, 1.807) is 24.3 Å². The summed E-state index contributed by atoms with van der Waals surface area (Å²) in [6, 6.07) is 20.5. The van der Waals surface area contributed by atoms with Crippen molar-refractivity contribution in [3.05, 3.63) is 106 Å². The van der Waals surface area contributed by atoms with Crippen molar-refractivity contribution in [2.75, 3.05) is 38.9 Å². The number of benzene rings is 3. The van der Waals surface area contributed by atoms with Crippen molar-refractivity contribution in [2.45, 2.75) is 145 Å². The molecule has 0 radical (unpaired) electrons. The smallest absolute Gasteiger partial charge is 0.331 e. The number of hydrogen-bond donors (Lipinski definition) is 1. The summed E-state index contributed by atoms with van der Waals surface area (Å²) in [7, 11) is -4.56. The molecule has 1 aromatic heterocycles. The third-order valence-corrected chi connectivity index (χ3v) is 24.6. The summed E-state index contributed by atoms with van der Waals surface area (Å²) < 4.78 is 64.3. The topological polar surface area (TPSA) is 132 Å². The molecule has 3 unspecified atom stereocenters. The summed E-state index contributed by atoms with van der Waals surface area (Å²) >= 11 is 6.42. The Morgan fingerprint density at radius 1 is 0.942 bits per heavy atom. The van der Waals surface area contributed by atoms with Crippen LogP contribution in [0.1, 0.15) is 127 Å². The Kier molecular flexibility index (Phi) is 14.1. The number of nitrogens with zero attached hydrogens (tertiary/aromatic N) is 1. The van der Waals surface area contributed by atoms with E-state index in [1.165, 1.54) is 23.8 Å². The molecule has 5 aliphatic rings. The van der Waals surface area contributed by atoms with Crippen LogP contribution in [0.15, 0.2) is 77.8 Å². The number of halogens is 1. The van der Waals surface area contributed by atoms with E-state index in [1.807, 2.05) is 37.4 Å². The number of aromatic nitrogens is 1. The van der Waals surface area contributed by atoms with Crippen molar-refractivity contribution in [2.24, 2.45) is 23.7 Å². The van der Waals surface area contributed by atoms with Crippen LogP contribution < -0.4 is 19.5 Å². The van der Waals surface area contributed by atoms with Gasteiger partial charge in [0.2, 0.25) is 0 Å². The lowest BCUT2D eigenvalue weighted by atomic mass is 9.59. The largest absolute Gasteiger partial charge is 0.557 e. The van der Waals surface area contributed by atoms with Crippen LogP contribution in [0.25, 0.3) is 0 Å². The first-order chi connectivity index (χ1) is 32.9. The summed E-state index contributed by atoms with van der Waals surface area (Å²) in [6.07, 6.45) is 7.34. The van der Waals surface area contributed by atoms with Crippen LogP contribution in [0, 0.1) is 30.6 Å². The van der Waals surface area contributed by atoms with Gasteiger partial charge < -0.3 is 28.7 Å². The van der Waals surface area contributed by atoms with Gasteiger partial charge in [0.05, 0.1) is 56.1 Å². The minimum Gasteiger partial charge on any atom is -0.557 e. The minimum absolute atomic E-state index is 0.0137. The van der Waals surface area contributed by atoms with Gasteiger partial charge in [0.1, 0.15) is 11.3 Å². The molecule has 69 heavy (non-hydrogen) atoms. The molecule has 3 aromatic carbocycles. The second kappa shape index (κ2) is 19.5. The van der Waals surface area contributed by atoms with Gasteiger partial charge in [0.15, 0.2) is 11.5 Å². The van der Waals surface area contributed by atoms with Crippen molar-refractivity contribution >= 4 is 41.7 Å². The van der Waals surface area contributed by atoms with Gasteiger partial charge in [-0.05, 0) is 149 Å². The molecule has 3 aliphatic carbocycles. The first-order valence-corrected chi connectivity index (χ1v) is 29.1. The van der Waals surface area contributed by atoms with E-state index >= 15 is 0 Å². The van der Waals surface area contributed by atoms with Gasteiger partial charge in [-0.1, -0.05) is 83.8 Å². The number of fused-ring (bicyclic) bond motifs is 6. The molecular weight excluding hydrogens is 928 g/mol. The third-order valence-electron chi connectivity index (χ3n) is 16.9. The minimum atomic E-state index is -3.95. The number of rotatable bonds is 14. The lowest BCUT2D eigenvalue weighted by molar-refractivity contribution is -0.148. The Morgan fingerprint density at radius 3 is 2.30 bits per heavy atom. The lowest BCUT2D eigenvalue weighted by Gasteiger charge is -2.51. The standard InChI is InChI=1S/C55H71ClN2O9SSi/c1-33(2)69(34(3)4)38(8)45-24-37(7)50-47(17-22-57-51(50)52(45)67-69)63-29-36(6)23-41-25-40-26-48-49(65-31-39(30-64-48)32-66-68(60,61)44-15-13-35(5)14-16-44)28-46(40)54(41)18-20-55(21-19-54,53(59)62-9)58-43-12-10-11-42(56)27-43/h10-17,22,26-28,33-34,36-39,41,45,52,58H,18-21,23-25,29-32H2,1-9H3/q-1/t36-,37+,38?,39?,41+,45?,52-,54?,55?/m1/s1. The maximum Gasteiger partial charge on any atom is 0.331 e. The van der Waals surface area contributed by atoms with E-state index < -0.39 is 24.0 Å². The summed E-state index contributed by atoms with van der Waals surface area (Å²) in [5.74, 6) is 2.84. The summed E-state index contributed by atoms with van der Waals surface area (Å²) in [5, 5.41) is 4.17. The van der Waals surface area contributed by atoms with Crippen LogP contribution in [0.5, 0.6) is 17.2 Å². The van der Waals surface area contributed by atoms with E-state index in [0.717, 1.165) is 54.8 Å². The fourth-order valence-corrected chi connectivity index (χ4v) is 20.5. The third kappa shape index (κ3) is 9.21.